The van der Waals surface area contributed by atoms with E-state index in [-0.39, 0.29) is 18.3 Å². The molecule has 6 nitrogen and oxygen atoms in total. The highest BCUT2D eigenvalue weighted by atomic mass is 19.1. The summed E-state index contributed by atoms with van der Waals surface area (Å²) in [4.78, 5) is 23.6. The minimum atomic E-state index is -0.610. The summed E-state index contributed by atoms with van der Waals surface area (Å²) in [6, 6.07) is 12.4. The molecular formula is C19H19FN2O4. The minimum Gasteiger partial charge on any atom is -0.447 e. The van der Waals surface area contributed by atoms with E-state index in [0.717, 1.165) is 0 Å². The van der Waals surface area contributed by atoms with Gasteiger partial charge in [0.05, 0.1) is 6.61 Å². The third-order valence-electron chi connectivity index (χ3n) is 3.19. The number of carbonyl (C=O) groups is 2. The van der Waals surface area contributed by atoms with Gasteiger partial charge in [0.15, 0.2) is 0 Å². The lowest BCUT2D eigenvalue weighted by molar-refractivity contribution is -0.111. The lowest BCUT2D eigenvalue weighted by Gasteiger charge is -2.08. The lowest BCUT2D eigenvalue weighted by Crippen LogP contribution is -2.16. The van der Waals surface area contributed by atoms with Gasteiger partial charge in [-0.25, -0.2) is 9.18 Å². The second kappa shape index (κ2) is 9.95. The summed E-state index contributed by atoms with van der Waals surface area (Å²) in [5.74, 6) is -0.689. The molecule has 2 N–H and O–H groups in total. The molecule has 136 valence electrons. The summed E-state index contributed by atoms with van der Waals surface area (Å²) in [5, 5.41) is 5.23. The summed E-state index contributed by atoms with van der Waals surface area (Å²) in [6.07, 6.45) is 2.30. The molecule has 0 aliphatic rings. The molecule has 0 aromatic heterocycles. The normalized spacial score (nSPS) is 10.5. The Bertz CT molecular complexity index is 775. The maximum absolute atomic E-state index is 12.8. The van der Waals surface area contributed by atoms with E-state index < -0.39 is 6.09 Å². The molecule has 0 atom stereocenters. The Morgan fingerprint density at radius 1 is 1.04 bits per heavy atom. The number of methoxy groups -OCH3 is 1. The Balaban J connectivity index is 1.89. The minimum absolute atomic E-state index is 0.146. The molecule has 0 fully saturated rings. The van der Waals surface area contributed by atoms with Crippen LogP contribution < -0.4 is 10.6 Å². The Morgan fingerprint density at radius 2 is 1.73 bits per heavy atom. The van der Waals surface area contributed by atoms with E-state index in [1.54, 1.807) is 42.5 Å². The highest BCUT2D eigenvalue weighted by Gasteiger charge is 2.04. The number of benzene rings is 2. The van der Waals surface area contributed by atoms with Gasteiger partial charge in [-0.15, -0.1) is 0 Å². The van der Waals surface area contributed by atoms with Gasteiger partial charge in [0, 0.05) is 24.6 Å². The van der Waals surface area contributed by atoms with Gasteiger partial charge in [0.2, 0.25) is 5.91 Å². The van der Waals surface area contributed by atoms with E-state index in [4.69, 9.17) is 9.47 Å². The topological polar surface area (TPSA) is 76.7 Å². The molecule has 0 saturated heterocycles. The zero-order valence-electron chi connectivity index (χ0n) is 14.2. The number of hydrogen-bond acceptors (Lipinski definition) is 4. The van der Waals surface area contributed by atoms with Crippen molar-refractivity contribution >= 4 is 29.5 Å². The van der Waals surface area contributed by atoms with Gasteiger partial charge in [0.25, 0.3) is 0 Å². The molecule has 0 aliphatic carbocycles. The second-order valence-corrected chi connectivity index (χ2v) is 5.21. The lowest BCUT2D eigenvalue weighted by atomic mass is 10.2. The predicted molar refractivity (Wildman–Crippen MR) is 97.4 cm³/mol. The maximum Gasteiger partial charge on any atom is 0.411 e. The van der Waals surface area contributed by atoms with Crippen molar-refractivity contribution in [1.29, 1.82) is 0 Å². The van der Waals surface area contributed by atoms with Crippen molar-refractivity contribution in [2.24, 2.45) is 0 Å². The monoisotopic (exact) mass is 358 g/mol. The van der Waals surface area contributed by atoms with Crippen LogP contribution in [0, 0.1) is 5.82 Å². The highest BCUT2D eigenvalue weighted by Crippen LogP contribution is 2.15. The maximum atomic E-state index is 12.8. The molecule has 2 aromatic rings. The van der Waals surface area contributed by atoms with Crippen LogP contribution >= 0.6 is 0 Å². The van der Waals surface area contributed by atoms with E-state index in [2.05, 4.69) is 10.6 Å². The second-order valence-electron chi connectivity index (χ2n) is 5.21. The molecule has 26 heavy (non-hydrogen) atoms. The molecular weight excluding hydrogens is 339 g/mol. The summed E-state index contributed by atoms with van der Waals surface area (Å²) in [6.45, 7) is 0.455. The molecule has 0 aliphatic heterocycles. The van der Waals surface area contributed by atoms with Crippen LogP contribution in [0.25, 0.3) is 6.08 Å². The first kappa shape index (κ1) is 19.1. The number of hydrogen-bond donors (Lipinski definition) is 2. The summed E-state index contributed by atoms with van der Waals surface area (Å²) >= 11 is 0. The van der Waals surface area contributed by atoms with Crippen molar-refractivity contribution in [2.75, 3.05) is 31.0 Å². The average molecular weight is 358 g/mol. The van der Waals surface area contributed by atoms with Gasteiger partial charge in [-0.3, -0.25) is 10.1 Å². The number of nitrogens with one attached hydrogen (secondary N) is 2. The van der Waals surface area contributed by atoms with Crippen LogP contribution in [-0.4, -0.2) is 32.3 Å². The van der Waals surface area contributed by atoms with Crippen LogP contribution in [0.4, 0.5) is 20.6 Å². The first-order valence-electron chi connectivity index (χ1n) is 7.84. The fourth-order valence-corrected chi connectivity index (χ4v) is 1.98. The van der Waals surface area contributed by atoms with Crippen molar-refractivity contribution in [3.05, 3.63) is 66.0 Å². The van der Waals surface area contributed by atoms with Crippen molar-refractivity contribution in [3.8, 4) is 0 Å². The number of ether oxygens (including phenoxy) is 2. The Kier molecular flexibility index (Phi) is 7.32. The SMILES string of the molecule is COCCOC(=O)Nc1cccc(NC(=O)C=Cc2ccc(F)cc2)c1. The first-order chi connectivity index (χ1) is 12.6. The van der Waals surface area contributed by atoms with Crippen LogP contribution in [-0.2, 0) is 14.3 Å². The van der Waals surface area contributed by atoms with E-state index in [0.29, 0.717) is 23.5 Å². The number of carbonyl (C=O) groups excluding carboxylic acids is 2. The Labute approximate surface area is 150 Å². The van der Waals surface area contributed by atoms with Gasteiger partial charge in [-0.05, 0) is 42.0 Å². The first-order valence-corrected chi connectivity index (χ1v) is 7.84. The third kappa shape index (κ3) is 6.74. The molecule has 0 saturated carbocycles. The fraction of sp³-hybridized carbons (Fsp3) is 0.158. The molecule has 2 aromatic carbocycles. The summed E-state index contributed by atoms with van der Waals surface area (Å²) in [7, 11) is 1.51. The number of anilines is 2. The largest absolute Gasteiger partial charge is 0.447 e. The molecule has 0 spiro atoms. The van der Waals surface area contributed by atoms with Gasteiger partial charge in [0.1, 0.15) is 12.4 Å². The van der Waals surface area contributed by atoms with Crippen molar-refractivity contribution in [3.63, 3.8) is 0 Å². The average Bonchev–Trinajstić information content (AvgIpc) is 2.62. The fourth-order valence-electron chi connectivity index (χ4n) is 1.98. The molecule has 2 rings (SSSR count). The van der Waals surface area contributed by atoms with Gasteiger partial charge in [-0.2, -0.15) is 0 Å². The molecule has 0 heterocycles. The zero-order valence-corrected chi connectivity index (χ0v) is 14.2. The van der Waals surface area contributed by atoms with Crippen molar-refractivity contribution in [2.45, 2.75) is 0 Å². The number of halogens is 1. The molecule has 0 bridgehead atoms. The van der Waals surface area contributed by atoms with Crippen LogP contribution in [0.15, 0.2) is 54.6 Å². The predicted octanol–water partition coefficient (Wildman–Crippen LogP) is 3.67. The van der Waals surface area contributed by atoms with Gasteiger partial charge in [-0.1, -0.05) is 18.2 Å². The van der Waals surface area contributed by atoms with Gasteiger partial charge >= 0.3 is 6.09 Å². The Hall–Kier alpha value is -3.19. The smallest absolute Gasteiger partial charge is 0.411 e. The van der Waals surface area contributed by atoms with Crippen LogP contribution in [0.5, 0.6) is 0 Å². The Morgan fingerprint density at radius 3 is 2.42 bits per heavy atom. The van der Waals surface area contributed by atoms with Crippen molar-refractivity contribution < 1.29 is 23.5 Å². The third-order valence-corrected chi connectivity index (χ3v) is 3.19. The van der Waals surface area contributed by atoms with E-state index >= 15 is 0 Å². The summed E-state index contributed by atoms with van der Waals surface area (Å²) < 4.78 is 22.5. The van der Waals surface area contributed by atoms with E-state index in [9.17, 15) is 14.0 Å². The molecule has 0 unspecified atom stereocenters. The number of amides is 2. The van der Waals surface area contributed by atoms with E-state index in [1.165, 1.54) is 25.3 Å². The van der Waals surface area contributed by atoms with E-state index in [1.807, 2.05) is 0 Å². The van der Waals surface area contributed by atoms with Crippen LogP contribution in [0.2, 0.25) is 0 Å². The number of rotatable bonds is 7. The standard InChI is InChI=1S/C19H19FN2O4/c1-25-11-12-26-19(24)22-17-4-2-3-16(13-17)21-18(23)10-7-14-5-8-15(20)9-6-14/h2-10,13H,11-12H2,1H3,(H,21,23)(H,22,24). The molecule has 2 amide bonds. The summed E-state index contributed by atoms with van der Waals surface area (Å²) in [5.41, 5.74) is 1.69. The zero-order chi connectivity index (χ0) is 18.8. The molecule has 7 heteroatoms. The quantitative estimate of drug-likeness (QED) is 0.585. The van der Waals surface area contributed by atoms with Crippen molar-refractivity contribution in [1.82, 2.24) is 0 Å². The van der Waals surface area contributed by atoms with Crippen LogP contribution in [0.3, 0.4) is 0 Å². The van der Waals surface area contributed by atoms with Crippen LogP contribution in [0.1, 0.15) is 5.56 Å². The molecule has 0 radical (unpaired) electrons. The highest BCUT2D eigenvalue weighted by molar-refractivity contribution is 6.02. The van der Waals surface area contributed by atoms with Gasteiger partial charge < -0.3 is 14.8 Å².